The van der Waals surface area contributed by atoms with Crippen LogP contribution in [0.4, 0.5) is 5.69 Å². The van der Waals surface area contributed by atoms with Crippen molar-refractivity contribution in [3.8, 4) is 16.9 Å². The lowest BCUT2D eigenvalue weighted by atomic mass is 10.1. The van der Waals surface area contributed by atoms with Gasteiger partial charge in [0.2, 0.25) is 0 Å². The summed E-state index contributed by atoms with van der Waals surface area (Å²) in [5, 5.41) is 7.51. The quantitative estimate of drug-likeness (QED) is 0.581. The molecule has 0 saturated carbocycles. The molecule has 1 N–H and O–H groups in total. The van der Waals surface area contributed by atoms with E-state index in [0.717, 1.165) is 28.2 Å². The predicted molar refractivity (Wildman–Crippen MR) is 109 cm³/mol. The summed E-state index contributed by atoms with van der Waals surface area (Å²) >= 11 is 0. The maximum Gasteiger partial charge on any atom is 0.259 e. The fraction of sp³-hybridized carbons (Fsp3) is 0.136. The van der Waals surface area contributed by atoms with Gasteiger partial charge >= 0.3 is 0 Å². The largest absolute Gasteiger partial charge is 0.497 e. The van der Waals surface area contributed by atoms with Crippen molar-refractivity contribution in [1.29, 1.82) is 0 Å². The summed E-state index contributed by atoms with van der Waals surface area (Å²) in [5.41, 5.74) is 5.49. The zero-order chi connectivity index (χ0) is 19.7. The van der Waals surface area contributed by atoms with Gasteiger partial charge in [0.25, 0.3) is 5.91 Å². The van der Waals surface area contributed by atoms with Crippen LogP contribution < -0.4 is 10.1 Å². The molecule has 0 bridgehead atoms. The Balaban J connectivity index is 1.73. The predicted octanol–water partition coefficient (Wildman–Crippen LogP) is 4.27. The van der Waals surface area contributed by atoms with Crippen LogP contribution in [0.25, 0.3) is 16.8 Å². The SMILES string of the molecule is COc1cccc(NC(=O)c2cnc3c(-c4ccccc4)c(C)nn3c2C)c1. The molecule has 0 radical (unpaired) electrons. The van der Waals surface area contributed by atoms with E-state index in [2.05, 4.69) is 15.4 Å². The van der Waals surface area contributed by atoms with E-state index in [4.69, 9.17) is 4.74 Å². The number of aryl methyl sites for hydroxylation is 2. The van der Waals surface area contributed by atoms with Crippen molar-refractivity contribution in [2.45, 2.75) is 13.8 Å². The van der Waals surface area contributed by atoms with Gasteiger partial charge in [-0.1, -0.05) is 36.4 Å². The number of nitrogens with one attached hydrogen (secondary N) is 1. The highest BCUT2D eigenvalue weighted by Crippen LogP contribution is 2.28. The lowest BCUT2D eigenvalue weighted by Gasteiger charge is -2.10. The first-order valence-electron chi connectivity index (χ1n) is 8.94. The zero-order valence-corrected chi connectivity index (χ0v) is 15.9. The summed E-state index contributed by atoms with van der Waals surface area (Å²) in [6, 6.07) is 17.2. The summed E-state index contributed by atoms with van der Waals surface area (Å²) in [6.07, 6.45) is 1.60. The summed E-state index contributed by atoms with van der Waals surface area (Å²) in [4.78, 5) is 17.4. The molecule has 0 atom stereocenters. The highest BCUT2D eigenvalue weighted by atomic mass is 16.5. The molecule has 1 amide bonds. The smallest absolute Gasteiger partial charge is 0.259 e. The maximum absolute atomic E-state index is 12.8. The fourth-order valence-corrected chi connectivity index (χ4v) is 3.27. The van der Waals surface area contributed by atoms with Gasteiger partial charge < -0.3 is 10.1 Å². The second kappa shape index (κ2) is 7.15. The Kier molecular flexibility index (Phi) is 4.53. The molecule has 140 valence electrons. The Morgan fingerprint density at radius 1 is 1.07 bits per heavy atom. The van der Waals surface area contributed by atoms with Gasteiger partial charge in [-0.25, -0.2) is 9.50 Å². The monoisotopic (exact) mass is 372 g/mol. The number of aromatic nitrogens is 3. The van der Waals surface area contributed by atoms with Crippen LogP contribution >= 0.6 is 0 Å². The molecule has 4 rings (SSSR count). The van der Waals surface area contributed by atoms with E-state index in [9.17, 15) is 4.79 Å². The summed E-state index contributed by atoms with van der Waals surface area (Å²) in [6.45, 7) is 3.82. The van der Waals surface area contributed by atoms with Crippen LogP contribution in [0.3, 0.4) is 0 Å². The van der Waals surface area contributed by atoms with Crippen molar-refractivity contribution in [3.63, 3.8) is 0 Å². The van der Waals surface area contributed by atoms with Gasteiger partial charge in [0.1, 0.15) is 5.75 Å². The highest BCUT2D eigenvalue weighted by molar-refractivity contribution is 6.05. The highest BCUT2D eigenvalue weighted by Gasteiger charge is 2.18. The average Bonchev–Trinajstić information content (AvgIpc) is 3.06. The second-order valence-corrected chi connectivity index (χ2v) is 6.51. The Morgan fingerprint density at radius 2 is 1.86 bits per heavy atom. The molecule has 0 saturated heterocycles. The Labute approximate surface area is 162 Å². The number of hydrogen-bond donors (Lipinski definition) is 1. The van der Waals surface area contributed by atoms with Gasteiger partial charge in [0.15, 0.2) is 5.65 Å². The molecule has 0 aliphatic heterocycles. The second-order valence-electron chi connectivity index (χ2n) is 6.51. The molecule has 0 unspecified atom stereocenters. The number of hydrogen-bond acceptors (Lipinski definition) is 4. The minimum Gasteiger partial charge on any atom is -0.497 e. The molecule has 6 nitrogen and oxygen atoms in total. The number of carbonyl (C=O) groups is 1. The van der Waals surface area contributed by atoms with E-state index in [1.165, 1.54) is 0 Å². The van der Waals surface area contributed by atoms with Crippen LogP contribution in [-0.2, 0) is 0 Å². The zero-order valence-electron chi connectivity index (χ0n) is 15.9. The van der Waals surface area contributed by atoms with Crippen LogP contribution in [0, 0.1) is 13.8 Å². The van der Waals surface area contributed by atoms with Gasteiger partial charge in [-0.2, -0.15) is 5.10 Å². The van der Waals surface area contributed by atoms with Crippen molar-refractivity contribution in [3.05, 3.63) is 77.7 Å². The first kappa shape index (κ1) is 17.7. The molecule has 0 aliphatic rings. The summed E-state index contributed by atoms with van der Waals surface area (Å²) in [7, 11) is 1.59. The third-order valence-corrected chi connectivity index (χ3v) is 4.69. The molecule has 6 heteroatoms. The average molecular weight is 372 g/mol. The molecule has 28 heavy (non-hydrogen) atoms. The van der Waals surface area contributed by atoms with Gasteiger partial charge in [-0.05, 0) is 31.5 Å². The molecule has 4 aromatic rings. The van der Waals surface area contributed by atoms with Crippen LogP contribution in [-0.4, -0.2) is 27.6 Å². The Hall–Kier alpha value is -3.67. The van der Waals surface area contributed by atoms with Crippen molar-refractivity contribution in [2.24, 2.45) is 0 Å². The summed E-state index contributed by atoms with van der Waals surface area (Å²) in [5.74, 6) is 0.438. The van der Waals surface area contributed by atoms with Gasteiger partial charge in [-0.15, -0.1) is 0 Å². The van der Waals surface area contributed by atoms with Gasteiger partial charge in [0.05, 0.1) is 24.1 Å². The molecule has 0 aliphatic carbocycles. The number of rotatable bonds is 4. The van der Waals surface area contributed by atoms with Gasteiger partial charge in [0, 0.05) is 23.5 Å². The van der Waals surface area contributed by atoms with E-state index in [0.29, 0.717) is 17.0 Å². The number of ether oxygens (including phenoxy) is 1. The first-order chi connectivity index (χ1) is 13.6. The number of amides is 1. The van der Waals surface area contributed by atoms with E-state index in [-0.39, 0.29) is 5.91 Å². The minimum absolute atomic E-state index is 0.241. The number of benzene rings is 2. The van der Waals surface area contributed by atoms with Crippen molar-refractivity contribution >= 4 is 17.2 Å². The Morgan fingerprint density at radius 3 is 2.61 bits per heavy atom. The summed E-state index contributed by atoms with van der Waals surface area (Å²) < 4.78 is 6.94. The number of carbonyl (C=O) groups excluding carboxylic acids is 1. The standard InChI is InChI=1S/C22H20N4O2/c1-14-20(16-8-5-4-6-9-16)21-23-13-19(15(2)26(21)25-14)22(27)24-17-10-7-11-18(12-17)28-3/h4-13H,1-3H3,(H,24,27). The maximum atomic E-state index is 12.8. The van der Waals surface area contributed by atoms with Crippen molar-refractivity contribution in [2.75, 3.05) is 12.4 Å². The van der Waals surface area contributed by atoms with Crippen molar-refractivity contribution in [1.82, 2.24) is 14.6 Å². The third kappa shape index (κ3) is 3.09. The fourth-order valence-electron chi connectivity index (χ4n) is 3.27. The lowest BCUT2D eigenvalue weighted by Crippen LogP contribution is -2.16. The van der Waals surface area contributed by atoms with E-state index in [1.807, 2.05) is 62.4 Å². The molecule has 2 aromatic heterocycles. The number of fused-ring (bicyclic) bond motifs is 1. The van der Waals surface area contributed by atoms with Crippen LogP contribution in [0.1, 0.15) is 21.7 Å². The third-order valence-electron chi connectivity index (χ3n) is 4.69. The molecule has 2 aromatic carbocycles. The number of anilines is 1. The topological polar surface area (TPSA) is 68.5 Å². The molecule has 0 spiro atoms. The molecular weight excluding hydrogens is 352 g/mol. The van der Waals surface area contributed by atoms with E-state index < -0.39 is 0 Å². The lowest BCUT2D eigenvalue weighted by molar-refractivity contribution is 0.102. The molecular formula is C22H20N4O2. The van der Waals surface area contributed by atoms with Crippen LogP contribution in [0.15, 0.2) is 60.8 Å². The van der Waals surface area contributed by atoms with Gasteiger partial charge in [-0.3, -0.25) is 4.79 Å². The number of nitrogens with zero attached hydrogens (tertiary/aromatic N) is 3. The molecule has 0 fully saturated rings. The van der Waals surface area contributed by atoms with Crippen LogP contribution in [0.2, 0.25) is 0 Å². The van der Waals surface area contributed by atoms with Crippen LogP contribution in [0.5, 0.6) is 5.75 Å². The Bertz CT molecular complexity index is 1170. The van der Waals surface area contributed by atoms with E-state index in [1.54, 1.807) is 23.9 Å². The normalized spacial score (nSPS) is 10.8. The molecule has 2 heterocycles. The number of methoxy groups -OCH3 is 1. The first-order valence-corrected chi connectivity index (χ1v) is 8.94. The van der Waals surface area contributed by atoms with Crippen molar-refractivity contribution < 1.29 is 9.53 Å². The minimum atomic E-state index is -0.241. The van der Waals surface area contributed by atoms with E-state index >= 15 is 0 Å².